The van der Waals surface area contributed by atoms with Gasteiger partial charge in [0.15, 0.2) is 43.1 Å². The zero-order valence-corrected chi connectivity index (χ0v) is 23.9. The van der Waals surface area contributed by atoms with E-state index in [4.69, 9.17) is 52.9 Å². The molecule has 2 heterocycles. The van der Waals surface area contributed by atoms with E-state index >= 15 is 0 Å². The summed E-state index contributed by atoms with van der Waals surface area (Å²) in [6.45, 7) is -2.38. The molecule has 2 aliphatic rings. The lowest BCUT2D eigenvalue weighted by atomic mass is 9.96. The fourth-order valence-electron chi connectivity index (χ4n) is 4.35. The molecule has 0 spiro atoms. The fraction of sp³-hybridized carbons (Fsp3) is 0.731. The summed E-state index contributed by atoms with van der Waals surface area (Å²) in [7, 11) is 0. The standard InChI is InChI=1S/C26H36O18/c1-10(27)35-8-17-20(21(38-13(4)30)23(25(34)42-17)40-15(6)32)44-26-24(41-16(7)33)22(39-14(5)31)19(37-12(3)29)18(43-26)9-36-11(2)28/h17-26,34H,8-9H2,1-7H3/t17-,18-,19-,20-,21+,22+,23-,24-,25-,26?/m1/s1/i2D,3D,5D,7D. The number of hydrogen-bond acceptors (Lipinski definition) is 18. The third kappa shape index (κ3) is 10.7. The van der Waals surface area contributed by atoms with Crippen molar-refractivity contribution >= 4 is 41.8 Å². The second kappa shape index (κ2) is 16.3. The summed E-state index contributed by atoms with van der Waals surface area (Å²) in [6, 6.07) is 0. The van der Waals surface area contributed by atoms with Crippen LogP contribution in [0.4, 0.5) is 0 Å². The minimum absolute atomic E-state index is 0.683. The summed E-state index contributed by atoms with van der Waals surface area (Å²) in [6.07, 6.45) is -18.3. The van der Waals surface area contributed by atoms with Gasteiger partial charge in [-0.1, -0.05) is 0 Å². The molecule has 18 nitrogen and oxygen atoms in total. The zero-order valence-electron chi connectivity index (χ0n) is 27.9. The summed E-state index contributed by atoms with van der Waals surface area (Å²) in [4.78, 5) is 84.7. The number of aliphatic hydroxyl groups is 1. The Bertz CT molecular complexity index is 1170. The van der Waals surface area contributed by atoms with Crippen LogP contribution in [0, 0.1) is 0 Å². The number of carbonyl (C=O) groups excluding carboxylic acids is 7. The molecule has 0 aromatic heterocycles. The van der Waals surface area contributed by atoms with Gasteiger partial charge in [-0.15, -0.1) is 0 Å². The largest absolute Gasteiger partial charge is 0.463 e. The smallest absolute Gasteiger partial charge is 0.303 e. The van der Waals surface area contributed by atoms with Gasteiger partial charge in [0.05, 0.1) is 0 Å². The number of rotatable bonds is 11. The van der Waals surface area contributed by atoms with Crippen LogP contribution in [0.5, 0.6) is 0 Å². The van der Waals surface area contributed by atoms with Gasteiger partial charge in [-0.2, -0.15) is 0 Å². The van der Waals surface area contributed by atoms with Crippen molar-refractivity contribution in [2.75, 3.05) is 13.2 Å². The number of ether oxygens (including phenoxy) is 10. The molecule has 248 valence electrons. The molecule has 0 aromatic carbocycles. The van der Waals surface area contributed by atoms with Crippen LogP contribution in [0.3, 0.4) is 0 Å². The molecule has 0 amide bonds. The lowest BCUT2D eigenvalue weighted by Gasteiger charge is -2.48. The molecule has 0 saturated carbocycles. The Labute approximate surface area is 257 Å². The van der Waals surface area contributed by atoms with Gasteiger partial charge in [0, 0.05) is 53.9 Å². The Kier molecular flexibility index (Phi) is 11.2. The highest BCUT2D eigenvalue weighted by molar-refractivity contribution is 5.69. The zero-order chi connectivity index (χ0) is 36.1. The van der Waals surface area contributed by atoms with Crippen molar-refractivity contribution in [3.63, 3.8) is 0 Å². The second-order valence-corrected chi connectivity index (χ2v) is 9.21. The molecule has 1 N–H and O–H groups in total. The van der Waals surface area contributed by atoms with Crippen molar-refractivity contribution in [1.29, 1.82) is 0 Å². The van der Waals surface area contributed by atoms with E-state index in [-0.39, 0.29) is 0 Å². The first-order valence-electron chi connectivity index (χ1n) is 15.5. The molecule has 44 heavy (non-hydrogen) atoms. The summed E-state index contributed by atoms with van der Waals surface area (Å²) in [5, 5.41) is 10.7. The van der Waals surface area contributed by atoms with Gasteiger partial charge in [-0.05, 0) is 0 Å². The number of esters is 7. The van der Waals surface area contributed by atoms with Crippen molar-refractivity contribution in [1.82, 2.24) is 0 Å². The minimum atomic E-state index is -2.03. The number of carbonyl (C=O) groups is 7. The Hall–Kier alpha value is -3.87. The van der Waals surface area contributed by atoms with E-state index in [2.05, 4.69) is 0 Å². The third-order valence-corrected chi connectivity index (χ3v) is 5.76. The van der Waals surface area contributed by atoms with Crippen LogP contribution in [0.15, 0.2) is 0 Å². The Morgan fingerprint density at radius 3 is 1.50 bits per heavy atom. The van der Waals surface area contributed by atoms with Crippen LogP contribution < -0.4 is 0 Å². The Balaban J connectivity index is 2.73. The number of hydrogen-bond donors (Lipinski definition) is 1. The van der Waals surface area contributed by atoms with Crippen LogP contribution in [-0.2, 0) is 80.9 Å². The van der Waals surface area contributed by atoms with E-state index in [1.807, 2.05) is 0 Å². The molecular weight excluding hydrogens is 600 g/mol. The average Bonchev–Trinajstić information content (AvgIpc) is 3.03. The average molecular weight is 641 g/mol. The summed E-state index contributed by atoms with van der Waals surface area (Å²) in [5.74, 6) is -7.61. The van der Waals surface area contributed by atoms with Gasteiger partial charge >= 0.3 is 41.8 Å². The lowest BCUT2D eigenvalue weighted by molar-refractivity contribution is -0.357. The molecule has 10 atom stereocenters. The first-order chi connectivity index (χ1) is 22.6. The molecule has 0 aromatic rings. The highest BCUT2D eigenvalue weighted by Gasteiger charge is 2.57. The third-order valence-electron chi connectivity index (χ3n) is 5.76. The van der Waals surface area contributed by atoms with Crippen LogP contribution in [0.1, 0.15) is 53.9 Å². The maximum absolute atomic E-state index is 12.4. The molecule has 2 aliphatic heterocycles. The van der Waals surface area contributed by atoms with Crippen molar-refractivity contribution in [2.24, 2.45) is 0 Å². The first kappa shape index (κ1) is 30.2. The topological polar surface area (TPSA) is 232 Å². The maximum Gasteiger partial charge on any atom is 0.303 e. The van der Waals surface area contributed by atoms with Crippen molar-refractivity contribution < 1.29 is 91.5 Å². The number of aliphatic hydroxyl groups excluding tert-OH is 1. The molecule has 2 fully saturated rings. The van der Waals surface area contributed by atoms with Gasteiger partial charge in [0.2, 0.25) is 0 Å². The molecule has 0 aliphatic carbocycles. The van der Waals surface area contributed by atoms with Crippen molar-refractivity contribution in [3.05, 3.63) is 0 Å². The quantitative estimate of drug-likeness (QED) is 0.202. The summed E-state index contributed by atoms with van der Waals surface area (Å²) >= 11 is 0. The van der Waals surface area contributed by atoms with E-state index in [9.17, 15) is 38.7 Å². The van der Waals surface area contributed by atoms with Crippen molar-refractivity contribution in [3.8, 4) is 0 Å². The Morgan fingerprint density at radius 1 is 0.545 bits per heavy atom. The molecular formula is C26H36O18. The van der Waals surface area contributed by atoms with Gasteiger partial charge in [-0.25, -0.2) is 0 Å². The first-order valence-corrected chi connectivity index (χ1v) is 12.7. The van der Waals surface area contributed by atoms with E-state index in [1.54, 1.807) is 0 Å². The predicted molar refractivity (Wildman–Crippen MR) is 135 cm³/mol. The fourth-order valence-corrected chi connectivity index (χ4v) is 4.35. The van der Waals surface area contributed by atoms with Crippen LogP contribution >= 0.6 is 0 Å². The highest BCUT2D eigenvalue weighted by atomic mass is 16.8. The normalized spacial score (nSPS) is 32.6. The Morgan fingerprint density at radius 2 is 0.977 bits per heavy atom. The summed E-state index contributed by atoms with van der Waals surface area (Å²) in [5.41, 5.74) is 0. The van der Waals surface area contributed by atoms with E-state index in [0.29, 0.717) is 0 Å². The maximum atomic E-state index is 12.4. The monoisotopic (exact) mass is 640 g/mol. The van der Waals surface area contributed by atoms with Gasteiger partial charge in [0.1, 0.15) is 31.5 Å². The molecule has 2 rings (SSSR count). The molecule has 18 heteroatoms. The van der Waals surface area contributed by atoms with Crippen LogP contribution in [0.25, 0.3) is 0 Å². The molecule has 0 radical (unpaired) electrons. The minimum Gasteiger partial charge on any atom is -0.463 e. The SMILES string of the molecule is [2H]CC(=O)OC[C@H]1OC(O[C@H]2[C@H](OC(C)=O)[C@@H](OC(C)=O)[C@H](O)O[C@@H]2COC(C)=O)[C@H](OC(=O)C[2H])[C@@H](OC(=O)C[2H])[C@@H]1OC(=O)C[2H]. The molecule has 0 bridgehead atoms. The predicted octanol–water partition coefficient (Wildman–Crippen LogP) is -1.40. The molecule has 1 unspecified atom stereocenters. The van der Waals surface area contributed by atoms with E-state index in [1.165, 1.54) is 0 Å². The summed E-state index contributed by atoms with van der Waals surface area (Å²) < 4.78 is 83.0. The lowest BCUT2D eigenvalue weighted by Crippen LogP contribution is -2.67. The van der Waals surface area contributed by atoms with E-state index in [0.717, 1.165) is 20.8 Å². The second-order valence-electron chi connectivity index (χ2n) is 9.21. The van der Waals surface area contributed by atoms with Gasteiger partial charge in [0.25, 0.3) is 0 Å². The molecule has 2 saturated heterocycles. The van der Waals surface area contributed by atoms with Gasteiger partial charge in [-0.3, -0.25) is 33.6 Å². The van der Waals surface area contributed by atoms with Crippen LogP contribution in [-0.4, -0.2) is 122 Å². The van der Waals surface area contributed by atoms with Crippen molar-refractivity contribution in [2.45, 2.75) is 110 Å². The van der Waals surface area contributed by atoms with E-state index < -0.39 is 144 Å². The van der Waals surface area contributed by atoms with Gasteiger partial charge < -0.3 is 52.5 Å². The van der Waals surface area contributed by atoms with Crippen LogP contribution in [0.2, 0.25) is 0 Å². The highest BCUT2D eigenvalue weighted by Crippen LogP contribution is 2.34.